The molecule has 7 nitrogen and oxygen atoms in total. The average Bonchev–Trinajstić information content (AvgIpc) is 2.48. The summed E-state index contributed by atoms with van der Waals surface area (Å²) < 4.78 is 5.17. The Bertz CT molecular complexity index is 603. The van der Waals surface area contributed by atoms with E-state index >= 15 is 0 Å². The van der Waals surface area contributed by atoms with Gasteiger partial charge < -0.3 is 14.9 Å². The van der Waals surface area contributed by atoms with Crippen LogP contribution in [0.4, 0.5) is 0 Å². The van der Waals surface area contributed by atoms with Crippen molar-refractivity contribution < 1.29 is 34.1 Å². The third-order valence-electron chi connectivity index (χ3n) is 3.44. The van der Waals surface area contributed by atoms with E-state index in [1.54, 1.807) is 0 Å². The third kappa shape index (κ3) is 4.38. The summed E-state index contributed by atoms with van der Waals surface area (Å²) in [6, 6.07) is 5.50. The van der Waals surface area contributed by atoms with E-state index in [9.17, 15) is 19.2 Å². The molecule has 23 heavy (non-hydrogen) atoms. The van der Waals surface area contributed by atoms with Crippen molar-refractivity contribution in [1.82, 2.24) is 0 Å². The number of carboxylic acid groups (broad SMARTS) is 2. The minimum atomic E-state index is -2.25. The van der Waals surface area contributed by atoms with Crippen molar-refractivity contribution in [1.29, 1.82) is 0 Å². The molecule has 0 unspecified atom stereocenters. The lowest BCUT2D eigenvalue weighted by Gasteiger charge is -2.14. The van der Waals surface area contributed by atoms with Gasteiger partial charge in [0.1, 0.15) is 5.75 Å². The van der Waals surface area contributed by atoms with Crippen molar-refractivity contribution in [3.05, 3.63) is 29.8 Å². The fourth-order valence-electron chi connectivity index (χ4n) is 2.06. The predicted molar refractivity (Wildman–Crippen MR) is 79.2 cm³/mol. The maximum absolute atomic E-state index is 12.2. The number of carbonyl (C=O) groups excluding carboxylic acids is 2. The first kappa shape index (κ1) is 18.3. The van der Waals surface area contributed by atoms with E-state index < -0.39 is 29.6 Å². The lowest BCUT2D eigenvalue weighted by Crippen LogP contribution is -2.32. The molecule has 0 atom stereocenters. The summed E-state index contributed by atoms with van der Waals surface area (Å²) >= 11 is 0. The van der Waals surface area contributed by atoms with Crippen LogP contribution in [-0.4, -0.2) is 33.9 Å². The Morgan fingerprint density at radius 1 is 1.00 bits per heavy atom. The third-order valence-corrected chi connectivity index (χ3v) is 3.44. The zero-order valence-corrected chi connectivity index (χ0v) is 12.8. The van der Waals surface area contributed by atoms with Crippen LogP contribution in [0.5, 0.6) is 5.75 Å². The fourth-order valence-corrected chi connectivity index (χ4v) is 2.06. The maximum atomic E-state index is 12.2. The number of rotatable bonds is 8. The Morgan fingerprint density at radius 3 is 2.00 bits per heavy atom. The molecule has 0 saturated carbocycles. The van der Waals surface area contributed by atoms with Gasteiger partial charge in [-0.1, -0.05) is 26.0 Å². The second-order valence-electron chi connectivity index (χ2n) is 4.90. The minimum Gasteiger partial charge on any atom is -0.480 e. The lowest BCUT2D eigenvalue weighted by molar-refractivity contribution is -0.151. The molecular formula is C16H18O7. The SMILES string of the molecule is CCC(CC)C(=O)Oc1ccccc1C(=O)C(C(=O)O)C(=O)O. The quantitative estimate of drug-likeness (QED) is 0.325. The Morgan fingerprint density at radius 2 is 1.52 bits per heavy atom. The van der Waals surface area contributed by atoms with Gasteiger partial charge >= 0.3 is 17.9 Å². The highest BCUT2D eigenvalue weighted by atomic mass is 16.5. The molecule has 0 aliphatic heterocycles. The van der Waals surface area contributed by atoms with E-state index in [2.05, 4.69) is 0 Å². The first-order valence-corrected chi connectivity index (χ1v) is 7.13. The van der Waals surface area contributed by atoms with Gasteiger partial charge in [-0.05, 0) is 25.0 Å². The Kier molecular flexibility index (Phi) is 6.44. The summed E-state index contributed by atoms with van der Waals surface area (Å²) in [6.07, 6.45) is 1.11. The molecule has 0 amide bonds. The van der Waals surface area contributed by atoms with Gasteiger partial charge in [-0.25, -0.2) is 0 Å². The molecule has 0 saturated heterocycles. The monoisotopic (exact) mass is 322 g/mol. The molecule has 2 N–H and O–H groups in total. The number of ether oxygens (including phenoxy) is 1. The van der Waals surface area contributed by atoms with Crippen LogP contribution < -0.4 is 4.74 Å². The van der Waals surface area contributed by atoms with Crippen molar-refractivity contribution in [2.45, 2.75) is 26.7 Å². The van der Waals surface area contributed by atoms with Gasteiger partial charge in [0.05, 0.1) is 11.5 Å². The average molecular weight is 322 g/mol. The van der Waals surface area contributed by atoms with Crippen molar-refractivity contribution in [2.75, 3.05) is 0 Å². The van der Waals surface area contributed by atoms with Gasteiger partial charge in [-0.2, -0.15) is 0 Å². The molecule has 0 radical (unpaired) electrons. The molecule has 0 aliphatic carbocycles. The molecule has 124 valence electrons. The standard InChI is InChI=1S/C16H18O7/c1-3-9(4-2)16(22)23-11-8-6-5-7-10(11)13(17)12(14(18)19)15(20)21/h5-9,12H,3-4H2,1-2H3,(H,18,19)(H,20,21). The second-order valence-corrected chi connectivity index (χ2v) is 4.90. The van der Waals surface area contributed by atoms with Crippen LogP contribution in [0, 0.1) is 11.8 Å². The maximum Gasteiger partial charge on any atom is 0.325 e. The Hall–Kier alpha value is -2.70. The number of hydrogen-bond donors (Lipinski definition) is 2. The molecule has 1 rings (SSSR count). The molecule has 7 heteroatoms. The number of benzene rings is 1. The first-order chi connectivity index (χ1) is 10.8. The molecule has 1 aromatic rings. The van der Waals surface area contributed by atoms with E-state index in [1.807, 2.05) is 13.8 Å². The second kappa shape index (κ2) is 8.07. The van der Waals surface area contributed by atoms with Gasteiger partial charge in [0, 0.05) is 0 Å². The molecule has 1 aromatic carbocycles. The lowest BCUT2D eigenvalue weighted by atomic mass is 9.97. The van der Waals surface area contributed by atoms with Crippen LogP contribution in [0.25, 0.3) is 0 Å². The number of carboxylic acids is 2. The van der Waals surface area contributed by atoms with Gasteiger partial charge in [0.15, 0.2) is 5.78 Å². The summed E-state index contributed by atoms with van der Waals surface area (Å²) in [5.41, 5.74) is -0.249. The van der Waals surface area contributed by atoms with E-state index in [0.717, 1.165) is 0 Å². The van der Waals surface area contributed by atoms with E-state index in [0.29, 0.717) is 12.8 Å². The van der Waals surface area contributed by atoms with Crippen LogP contribution in [-0.2, 0) is 14.4 Å². The Labute approximate surface area is 132 Å². The van der Waals surface area contributed by atoms with Crippen LogP contribution >= 0.6 is 0 Å². The van der Waals surface area contributed by atoms with Crippen molar-refractivity contribution in [3.63, 3.8) is 0 Å². The fraction of sp³-hybridized carbons (Fsp3) is 0.375. The number of hydrogen-bond acceptors (Lipinski definition) is 5. The van der Waals surface area contributed by atoms with Crippen LogP contribution in [0.2, 0.25) is 0 Å². The smallest absolute Gasteiger partial charge is 0.325 e. The number of esters is 1. The van der Waals surface area contributed by atoms with Crippen molar-refractivity contribution >= 4 is 23.7 Å². The first-order valence-electron chi connectivity index (χ1n) is 7.13. The number of para-hydroxylation sites is 1. The molecular weight excluding hydrogens is 304 g/mol. The molecule has 0 spiro atoms. The van der Waals surface area contributed by atoms with Gasteiger partial charge in [0.25, 0.3) is 0 Å². The summed E-state index contributed by atoms with van der Waals surface area (Å²) in [7, 11) is 0. The van der Waals surface area contributed by atoms with Gasteiger partial charge in [0.2, 0.25) is 5.92 Å². The number of ketones is 1. The van der Waals surface area contributed by atoms with E-state index in [4.69, 9.17) is 14.9 Å². The molecule has 0 bridgehead atoms. The number of aliphatic carboxylic acids is 2. The predicted octanol–water partition coefficient (Wildman–Crippen LogP) is 2.00. The van der Waals surface area contributed by atoms with Crippen molar-refractivity contribution in [2.24, 2.45) is 11.8 Å². The highest BCUT2D eigenvalue weighted by molar-refractivity contribution is 6.20. The van der Waals surface area contributed by atoms with Crippen LogP contribution in [0.15, 0.2) is 24.3 Å². The Balaban J connectivity index is 3.15. The van der Waals surface area contributed by atoms with Gasteiger partial charge in [-0.3, -0.25) is 19.2 Å². The highest BCUT2D eigenvalue weighted by Gasteiger charge is 2.36. The largest absolute Gasteiger partial charge is 0.480 e. The normalized spacial score (nSPS) is 10.6. The van der Waals surface area contributed by atoms with E-state index in [1.165, 1.54) is 24.3 Å². The topological polar surface area (TPSA) is 118 Å². The zero-order chi connectivity index (χ0) is 17.6. The summed E-state index contributed by atoms with van der Waals surface area (Å²) in [5, 5.41) is 17.8. The molecule has 0 aliphatic rings. The van der Waals surface area contributed by atoms with Crippen LogP contribution in [0.1, 0.15) is 37.0 Å². The zero-order valence-electron chi connectivity index (χ0n) is 12.8. The highest BCUT2D eigenvalue weighted by Crippen LogP contribution is 2.24. The summed E-state index contributed by atoms with van der Waals surface area (Å²) in [5.74, 6) is -7.97. The van der Waals surface area contributed by atoms with Gasteiger partial charge in [-0.15, -0.1) is 0 Å². The molecule has 0 fully saturated rings. The minimum absolute atomic E-state index is 0.137. The summed E-state index contributed by atoms with van der Waals surface area (Å²) in [4.78, 5) is 46.2. The van der Waals surface area contributed by atoms with E-state index in [-0.39, 0.29) is 17.2 Å². The number of Topliss-reactive ketones (excluding diaryl/α,β-unsaturated/α-hetero) is 1. The van der Waals surface area contributed by atoms with Crippen LogP contribution in [0.3, 0.4) is 0 Å². The number of carbonyl (C=O) groups is 4. The molecule has 0 aromatic heterocycles. The summed E-state index contributed by atoms with van der Waals surface area (Å²) in [6.45, 7) is 3.63. The molecule has 0 heterocycles. The van der Waals surface area contributed by atoms with Crippen molar-refractivity contribution in [3.8, 4) is 5.75 Å².